The SMILES string of the molecule is CCCCCCCCNC(=O)c1ccc[nH]1. The van der Waals surface area contributed by atoms with E-state index in [1.165, 1.54) is 32.1 Å². The Hall–Kier alpha value is -1.25. The molecule has 1 aromatic heterocycles. The van der Waals surface area contributed by atoms with E-state index in [4.69, 9.17) is 0 Å². The van der Waals surface area contributed by atoms with E-state index in [0.29, 0.717) is 5.69 Å². The van der Waals surface area contributed by atoms with Crippen molar-refractivity contribution in [3.8, 4) is 0 Å². The highest BCUT2D eigenvalue weighted by Crippen LogP contribution is 2.04. The van der Waals surface area contributed by atoms with Gasteiger partial charge in [-0.1, -0.05) is 39.0 Å². The van der Waals surface area contributed by atoms with Crippen LogP contribution in [0.5, 0.6) is 0 Å². The Morgan fingerprint density at radius 3 is 2.69 bits per heavy atom. The average Bonchev–Trinajstić information content (AvgIpc) is 2.81. The summed E-state index contributed by atoms with van der Waals surface area (Å²) in [4.78, 5) is 14.4. The molecule has 3 nitrogen and oxygen atoms in total. The molecular formula is C13H22N2O. The number of amides is 1. The molecule has 1 heterocycles. The van der Waals surface area contributed by atoms with Crippen molar-refractivity contribution < 1.29 is 4.79 Å². The second kappa shape index (κ2) is 7.97. The molecule has 0 aliphatic carbocycles. The van der Waals surface area contributed by atoms with Crippen LogP contribution in [0.4, 0.5) is 0 Å². The van der Waals surface area contributed by atoms with Gasteiger partial charge < -0.3 is 10.3 Å². The highest BCUT2D eigenvalue weighted by Gasteiger charge is 2.03. The first-order chi connectivity index (χ1) is 7.84. The van der Waals surface area contributed by atoms with Crippen LogP contribution in [0.2, 0.25) is 0 Å². The van der Waals surface area contributed by atoms with Gasteiger partial charge in [0.15, 0.2) is 0 Å². The maximum absolute atomic E-state index is 11.5. The molecule has 0 unspecified atom stereocenters. The van der Waals surface area contributed by atoms with E-state index in [0.717, 1.165) is 13.0 Å². The van der Waals surface area contributed by atoms with Crippen molar-refractivity contribution >= 4 is 5.91 Å². The zero-order valence-corrected chi connectivity index (χ0v) is 10.1. The largest absolute Gasteiger partial charge is 0.357 e. The molecule has 1 aromatic rings. The number of hydrogen-bond acceptors (Lipinski definition) is 1. The number of rotatable bonds is 8. The molecular weight excluding hydrogens is 200 g/mol. The minimum absolute atomic E-state index is 0.00134. The Kier molecular flexibility index (Phi) is 6.38. The molecule has 1 amide bonds. The van der Waals surface area contributed by atoms with Crippen LogP contribution < -0.4 is 5.32 Å². The quantitative estimate of drug-likeness (QED) is 0.652. The van der Waals surface area contributed by atoms with E-state index in [1.54, 1.807) is 12.3 Å². The summed E-state index contributed by atoms with van der Waals surface area (Å²) in [5.41, 5.74) is 0.644. The summed E-state index contributed by atoms with van der Waals surface area (Å²) in [6.45, 7) is 3.00. The van der Waals surface area contributed by atoms with Crippen LogP contribution in [-0.4, -0.2) is 17.4 Å². The fourth-order valence-corrected chi connectivity index (χ4v) is 1.67. The lowest BCUT2D eigenvalue weighted by Gasteiger charge is -2.03. The van der Waals surface area contributed by atoms with Crippen molar-refractivity contribution in [2.24, 2.45) is 0 Å². The van der Waals surface area contributed by atoms with E-state index in [2.05, 4.69) is 17.2 Å². The van der Waals surface area contributed by atoms with Crippen LogP contribution in [0.15, 0.2) is 18.3 Å². The molecule has 0 radical (unpaired) electrons. The fraction of sp³-hybridized carbons (Fsp3) is 0.615. The van der Waals surface area contributed by atoms with Crippen molar-refractivity contribution in [1.29, 1.82) is 0 Å². The lowest BCUT2D eigenvalue weighted by molar-refractivity contribution is 0.0948. The van der Waals surface area contributed by atoms with Crippen molar-refractivity contribution in [1.82, 2.24) is 10.3 Å². The zero-order chi connectivity index (χ0) is 11.6. The van der Waals surface area contributed by atoms with Crippen LogP contribution in [0, 0.1) is 0 Å². The summed E-state index contributed by atoms with van der Waals surface area (Å²) in [6.07, 6.45) is 9.27. The number of carbonyl (C=O) groups excluding carboxylic acids is 1. The van der Waals surface area contributed by atoms with Crippen LogP contribution in [0.25, 0.3) is 0 Å². The summed E-state index contributed by atoms with van der Waals surface area (Å²) in [5, 5.41) is 2.91. The minimum atomic E-state index is -0.00134. The Morgan fingerprint density at radius 2 is 2.00 bits per heavy atom. The Morgan fingerprint density at radius 1 is 1.25 bits per heavy atom. The van der Waals surface area contributed by atoms with Crippen LogP contribution in [0.3, 0.4) is 0 Å². The smallest absolute Gasteiger partial charge is 0.267 e. The molecule has 0 aliphatic rings. The Bertz CT molecular complexity index is 280. The molecule has 2 N–H and O–H groups in total. The van der Waals surface area contributed by atoms with E-state index in [9.17, 15) is 4.79 Å². The molecule has 0 aliphatic heterocycles. The van der Waals surface area contributed by atoms with Gasteiger partial charge in [-0.2, -0.15) is 0 Å². The first-order valence-corrected chi connectivity index (χ1v) is 6.26. The molecule has 0 spiro atoms. The predicted octanol–water partition coefficient (Wildman–Crippen LogP) is 3.11. The third-order valence-electron chi connectivity index (χ3n) is 2.66. The molecule has 1 rings (SSSR count). The van der Waals surface area contributed by atoms with Gasteiger partial charge in [-0.15, -0.1) is 0 Å². The third-order valence-corrected chi connectivity index (χ3v) is 2.66. The summed E-state index contributed by atoms with van der Waals surface area (Å²) in [6, 6.07) is 3.62. The van der Waals surface area contributed by atoms with Gasteiger partial charge in [-0.3, -0.25) is 4.79 Å². The molecule has 0 aromatic carbocycles. The highest BCUT2D eigenvalue weighted by atomic mass is 16.1. The normalized spacial score (nSPS) is 10.3. The molecule has 0 saturated carbocycles. The monoisotopic (exact) mass is 222 g/mol. The molecule has 90 valence electrons. The van der Waals surface area contributed by atoms with E-state index in [1.807, 2.05) is 6.07 Å². The summed E-state index contributed by atoms with van der Waals surface area (Å²) in [7, 11) is 0. The van der Waals surface area contributed by atoms with Crippen molar-refractivity contribution in [3.63, 3.8) is 0 Å². The van der Waals surface area contributed by atoms with Gasteiger partial charge in [0.2, 0.25) is 0 Å². The fourth-order valence-electron chi connectivity index (χ4n) is 1.67. The zero-order valence-electron chi connectivity index (χ0n) is 10.1. The highest BCUT2D eigenvalue weighted by molar-refractivity contribution is 5.92. The second-order valence-electron chi connectivity index (χ2n) is 4.11. The number of H-pyrrole nitrogens is 1. The van der Waals surface area contributed by atoms with Gasteiger partial charge >= 0.3 is 0 Å². The molecule has 0 fully saturated rings. The third kappa shape index (κ3) is 5.01. The van der Waals surface area contributed by atoms with Crippen molar-refractivity contribution in [2.45, 2.75) is 45.4 Å². The molecule has 0 bridgehead atoms. The Labute approximate surface area is 97.6 Å². The minimum Gasteiger partial charge on any atom is -0.357 e. The van der Waals surface area contributed by atoms with Gasteiger partial charge in [0.1, 0.15) is 5.69 Å². The van der Waals surface area contributed by atoms with E-state index in [-0.39, 0.29) is 5.91 Å². The summed E-state index contributed by atoms with van der Waals surface area (Å²) >= 11 is 0. The van der Waals surface area contributed by atoms with Crippen LogP contribution in [-0.2, 0) is 0 Å². The average molecular weight is 222 g/mol. The predicted molar refractivity (Wildman–Crippen MR) is 66.5 cm³/mol. The van der Waals surface area contributed by atoms with Crippen molar-refractivity contribution in [3.05, 3.63) is 24.0 Å². The van der Waals surface area contributed by atoms with Crippen LogP contribution in [0.1, 0.15) is 55.9 Å². The topological polar surface area (TPSA) is 44.9 Å². The maximum atomic E-state index is 11.5. The number of aromatic nitrogens is 1. The number of nitrogens with one attached hydrogen (secondary N) is 2. The van der Waals surface area contributed by atoms with Gasteiger partial charge in [0, 0.05) is 12.7 Å². The van der Waals surface area contributed by atoms with E-state index < -0.39 is 0 Å². The first-order valence-electron chi connectivity index (χ1n) is 6.26. The maximum Gasteiger partial charge on any atom is 0.267 e. The van der Waals surface area contributed by atoms with Crippen LogP contribution >= 0.6 is 0 Å². The molecule has 0 atom stereocenters. The van der Waals surface area contributed by atoms with Gasteiger partial charge in [0.25, 0.3) is 5.91 Å². The first kappa shape index (κ1) is 12.8. The molecule has 3 heteroatoms. The Balaban J connectivity index is 1.97. The van der Waals surface area contributed by atoms with E-state index >= 15 is 0 Å². The van der Waals surface area contributed by atoms with Gasteiger partial charge in [-0.25, -0.2) is 0 Å². The van der Waals surface area contributed by atoms with Gasteiger partial charge in [0.05, 0.1) is 0 Å². The summed E-state index contributed by atoms with van der Waals surface area (Å²) in [5.74, 6) is -0.00134. The number of hydrogen-bond donors (Lipinski definition) is 2. The van der Waals surface area contributed by atoms with Crippen molar-refractivity contribution in [2.75, 3.05) is 6.54 Å². The molecule has 0 saturated heterocycles. The summed E-state index contributed by atoms with van der Waals surface area (Å²) < 4.78 is 0. The standard InChI is InChI=1S/C13H22N2O/c1-2-3-4-5-6-7-10-15-13(16)12-9-8-11-14-12/h8-9,11,14H,2-7,10H2,1H3,(H,15,16). The number of carbonyl (C=O) groups is 1. The number of aromatic amines is 1. The number of unbranched alkanes of at least 4 members (excludes halogenated alkanes) is 5. The molecule has 16 heavy (non-hydrogen) atoms. The lowest BCUT2D eigenvalue weighted by atomic mass is 10.1. The van der Waals surface area contributed by atoms with Gasteiger partial charge in [-0.05, 0) is 18.6 Å². The lowest BCUT2D eigenvalue weighted by Crippen LogP contribution is -2.24. The second-order valence-corrected chi connectivity index (χ2v) is 4.11.